The maximum Gasteiger partial charge on any atom is 0.229 e. The summed E-state index contributed by atoms with van der Waals surface area (Å²) < 4.78 is 0. The molecule has 1 saturated carbocycles. The lowest BCUT2D eigenvalue weighted by Crippen LogP contribution is -2.40. The molecule has 0 spiro atoms. The van der Waals surface area contributed by atoms with Gasteiger partial charge in [0.1, 0.15) is 5.01 Å². The van der Waals surface area contributed by atoms with Crippen LogP contribution in [0, 0.1) is 5.92 Å². The number of nitrogens with one attached hydrogen (secondary N) is 1. The highest BCUT2D eigenvalue weighted by atomic mass is 32.1. The van der Waals surface area contributed by atoms with Crippen LogP contribution in [0.3, 0.4) is 0 Å². The quantitative estimate of drug-likeness (QED) is 0.849. The number of nitrogens with zero attached hydrogens (tertiary/aromatic N) is 5. The third kappa shape index (κ3) is 3.01. The van der Waals surface area contributed by atoms with Gasteiger partial charge in [0.2, 0.25) is 16.9 Å². The molecule has 148 valence electrons. The van der Waals surface area contributed by atoms with Crippen molar-refractivity contribution in [3.05, 3.63) is 22.0 Å². The van der Waals surface area contributed by atoms with Crippen molar-refractivity contribution in [2.75, 3.05) is 18.0 Å². The first-order valence-corrected chi connectivity index (χ1v) is 10.8. The highest BCUT2D eigenvalue weighted by Crippen LogP contribution is 2.42. The first kappa shape index (κ1) is 17.8. The van der Waals surface area contributed by atoms with Crippen molar-refractivity contribution >= 4 is 28.3 Å². The lowest BCUT2D eigenvalue weighted by atomic mass is 10.0. The van der Waals surface area contributed by atoms with Gasteiger partial charge < -0.3 is 4.90 Å². The number of rotatable bonds is 4. The van der Waals surface area contributed by atoms with Crippen molar-refractivity contribution in [1.82, 2.24) is 25.3 Å². The molecule has 0 radical (unpaired) electrons. The molecule has 1 atom stereocenters. The Morgan fingerprint density at radius 1 is 1.29 bits per heavy atom. The lowest BCUT2D eigenvalue weighted by Gasteiger charge is -2.29. The standard InChI is InChI=1S/C19H24N6O2S/c1-10(2)17-22-23-19(28-17)25-8-12(7-15(25)26)18(27)24-6-5-14-13(9-24)16(21-20-14)11-3-4-11/h10-12H,3-9H2,1-2H3,(H,20,21). The maximum absolute atomic E-state index is 13.1. The predicted octanol–water partition coefficient (Wildman–Crippen LogP) is 2.20. The van der Waals surface area contributed by atoms with Crippen LogP contribution >= 0.6 is 11.3 Å². The van der Waals surface area contributed by atoms with Gasteiger partial charge in [0.15, 0.2) is 0 Å². The summed E-state index contributed by atoms with van der Waals surface area (Å²) in [6.45, 7) is 5.79. The molecule has 0 aromatic carbocycles. The molecule has 2 aromatic heterocycles. The number of aromatic nitrogens is 4. The molecule has 3 aliphatic rings. The Balaban J connectivity index is 1.29. The fourth-order valence-electron chi connectivity index (χ4n) is 4.08. The van der Waals surface area contributed by atoms with Gasteiger partial charge in [-0.3, -0.25) is 19.6 Å². The van der Waals surface area contributed by atoms with Crippen LogP contribution in [0.2, 0.25) is 0 Å². The third-order valence-electron chi connectivity index (χ3n) is 5.87. The van der Waals surface area contributed by atoms with Gasteiger partial charge in [-0.05, 0) is 12.8 Å². The molecule has 2 aromatic rings. The van der Waals surface area contributed by atoms with Crippen LogP contribution in [0.15, 0.2) is 0 Å². The van der Waals surface area contributed by atoms with E-state index in [1.807, 2.05) is 4.90 Å². The Bertz CT molecular complexity index is 931. The summed E-state index contributed by atoms with van der Waals surface area (Å²) in [6, 6.07) is 0. The predicted molar refractivity (Wildman–Crippen MR) is 104 cm³/mol. The minimum atomic E-state index is -0.309. The van der Waals surface area contributed by atoms with Crippen LogP contribution in [-0.4, -0.2) is 50.2 Å². The van der Waals surface area contributed by atoms with Gasteiger partial charge in [-0.25, -0.2) is 0 Å². The van der Waals surface area contributed by atoms with Crippen molar-refractivity contribution in [3.8, 4) is 0 Å². The van der Waals surface area contributed by atoms with Crippen molar-refractivity contribution in [3.63, 3.8) is 0 Å². The normalized spacial score (nSPS) is 22.2. The topological polar surface area (TPSA) is 95.1 Å². The molecular weight excluding hydrogens is 376 g/mol. The van der Waals surface area contributed by atoms with Gasteiger partial charge in [-0.1, -0.05) is 25.2 Å². The number of hydrogen-bond acceptors (Lipinski definition) is 6. The van der Waals surface area contributed by atoms with E-state index in [1.165, 1.54) is 35.4 Å². The van der Waals surface area contributed by atoms with Gasteiger partial charge >= 0.3 is 0 Å². The van der Waals surface area contributed by atoms with Gasteiger partial charge in [0.05, 0.1) is 11.6 Å². The summed E-state index contributed by atoms with van der Waals surface area (Å²) in [5.41, 5.74) is 3.52. The fraction of sp³-hybridized carbons (Fsp3) is 0.632. The molecule has 0 bridgehead atoms. The van der Waals surface area contributed by atoms with Gasteiger partial charge in [-0.2, -0.15) is 5.10 Å². The zero-order valence-electron chi connectivity index (χ0n) is 16.1. The molecule has 1 N–H and O–H groups in total. The van der Waals surface area contributed by atoms with Crippen LogP contribution in [0.5, 0.6) is 0 Å². The first-order chi connectivity index (χ1) is 13.5. The second-order valence-corrected chi connectivity index (χ2v) is 9.32. The highest BCUT2D eigenvalue weighted by Gasteiger charge is 2.40. The Kier molecular flexibility index (Phi) is 4.22. The number of H-pyrrole nitrogens is 1. The van der Waals surface area contributed by atoms with Crippen molar-refractivity contribution in [2.24, 2.45) is 5.92 Å². The highest BCUT2D eigenvalue weighted by molar-refractivity contribution is 7.15. The van der Waals surface area contributed by atoms with E-state index in [0.717, 1.165) is 17.1 Å². The largest absolute Gasteiger partial charge is 0.338 e. The second kappa shape index (κ2) is 6.65. The average Bonchev–Trinajstić information content (AvgIpc) is 3.09. The molecule has 4 heterocycles. The summed E-state index contributed by atoms with van der Waals surface area (Å²) in [6.07, 6.45) is 3.44. The van der Waals surface area contributed by atoms with Crippen LogP contribution in [-0.2, 0) is 22.6 Å². The minimum absolute atomic E-state index is 0.0375. The molecular formula is C19H24N6O2S. The van der Waals surface area contributed by atoms with Crippen LogP contribution in [0.1, 0.15) is 66.9 Å². The fourth-order valence-corrected chi connectivity index (χ4v) is 4.96. The average molecular weight is 401 g/mol. The SMILES string of the molecule is CC(C)c1nnc(N2CC(C(=O)N3CCc4[nH]nc(C5CC5)c4C3)CC2=O)s1. The molecule has 28 heavy (non-hydrogen) atoms. The molecule has 1 unspecified atom stereocenters. The van der Waals surface area contributed by atoms with E-state index in [2.05, 4.69) is 34.2 Å². The van der Waals surface area contributed by atoms with Crippen molar-refractivity contribution in [2.45, 2.75) is 57.9 Å². The van der Waals surface area contributed by atoms with E-state index >= 15 is 0 Å². The third-order valence-corrected chi connectivity index (χ3v) is 7.12. The van der Waals surface area contributed by atoms with E-state index in [-0.39, 0.29) is 30.1 Å². The molecule has 2 fully saturated rings. The summed E-state index contributed by atoms with van der Waals surface area (Å²) in [5.74, 6) is 0.560. The molecule has 1 saturated heterocycles. The Morgan fingerprint density at radius 3 is 2.82 bits per heavy atom. The van der Waals surface area contributed by atoms with Crippen molar-refractivity contribution < 1.29 is 9.59 Å². The number of amides is 2. The molecule has 9 heteroatoms. The molecule has 8 nitrogen and oxygen atoms in total. The molecule has 2 amide bonds. The number of aromatic amines is 1. The first-order valence-electron chi connectivity index (χ1n) is 9.99. The van der Waals surface area contributed by atoms with Crippen LogP contribution in [0.4, 0.5) is 5.13 Å². The summed E-state index contributed by atoms with van der Waals surface area (Å²) in [5, 5.41) is 17.5. The Hall–Kier alpha value is -2.29. The number of carbonyl (C=O) groups excluding carboxylic acids is 2. The molecule has 5 rings (SSSR count). The van der Waals surface area contributed by atoms with Crippen LogP contribution < -0.4 is 4.90 Å². The number of anilines is 1. The Morgan fingerprint density at radius 2 is 2.11 bits per heavy atom. The number of fused-ring (bicyclic) bond motifs is 1. The monoisotopic (exact) mass is 400 g/mol. The smallest absolute Gasteiger partial charge is 0.229 e. The van der Waals surface area contributed by atoms with Gasteiger partial charge in [-0.15, -0.1) is 10.2 Å². The maximum atomic E-state index is 13.1. The van der Waals surface area contributed by atoms with Crippen LogP contribution in [0.25, 0.3) is 0 Å². The van der Waals surface area contributed by atoms with E-state index < -0.39 is 0 Å². The number of carbonyl (C=O) groups is 2. The van der Waals surface area contributed by atoms with E-state index in [9.17, 15) is 9.59 Å². The molecule has 2 aliphatic heterocycles. The lowest BCUT2D eigenvalue weighted by molar-refractivity contribution is -0.136. The van der Waals surface area contributed by atoms with E-state index in [0.29, 0.717) is 30.7 Å². The molecule has 1 aliphatic carbocycles. The number of hydrogen-bond donors (Lipinski definition) is 1. The Labute approximate surface area is 167 Å². The van der Waals surface area contributed by atoms with Gasteiger partial charge in [0.25, 0.3) is 0 Å². The second-order valence-electron chi connectivity index (χ2n) is 8.33. The summed E-state index contributed by atoms with van der Waals surface area (Å²) in [7, 11) is 0. The van der Waals surface area contributed by atoms with E-state index in [1.54, 1.807) is 4.90 Å². The van der Waals surface area contributed by atoms with Crippen molar-refractivity contribution in [1.29, 1.82) is 0 Å². The zero-order chi connectivity index (χ0) is 19.4. The summed E-state index contributed by atoms with van der Waals surface area (Å²) >= 11 is 1.44. The minimum Gasteiger partial charge on any atom is -0.338 e. The van der Waals surface area contributed by atoms with E-state index in [4.69, 9.17) is 0 Å². The zero-order valence-corrected chi connectivity index (χ0v) is 17.0. The summed E-state index contributed by atoms with van der Waals surface area (Å²) in [4.78, 5) is 29.2. The van der Waals surface area contributed by atoms with Gasteiger partial charge in [0, 0.05) is 55.6 Å².